The Balaban J connectivity index is 2.45. The lowest BCUT2D eigenvalue weighted by atomic mass is 9.95. The fourth-order valence-corrected chi connectivity index (χ4v) is 2.89. The van der Waals surface area contributed by atoms with Gasteiger partial charge in [-0.1, -0.05) is 31.2 Å². The van der Waals surface area contributed by atoms with E-state index in [1.807, 2.05) is 24.3 Å². The van der Waals surface area contributed by atoms with Crippen molar-refractivity contribution in [3.63, 3.8) is 0 Å². The molecule has 1 aliphatic heterocycles. The van der Waals surface area contributed by atoms with Gasteiger partial charge in [-0.2, -0.15) is 0 Å². The molecule has 1 amide bonds. The van der Waals surface area contributed by atoms with Crippen LogP contribution in [0.15, 0.2) is 35.6 Å². The van der Waals surface area contributed by atoms with Gasteiger partial charge in [0.15, 0.2) is 17.8 Å². The molecule has 1 aromatic rings. The minimum atomic E-state index is -0.648. The van der Waals surface area contributed by atoms with Crippen molar-refractivity contribution in [3.8, 4) is 0 Å². The second kappa shape index (κ2) is 7.59. The Labute approximate surface area is 141 Å². The molecule has 1 aromatic carbocycles. The number of amides is 1. The SMILES string of the molecule is CCc1ccc(C2C(C(C)=O)=C(O)C(=O)N2CC(OC)OC)cc1. The van der Waals surface area contributed by atoms with Gasteiger partial charge in [0.05, 0.1) is 18.2 Å². The molecule has 0 spiro atoms. The Morgan fingerprint density at radius 1 is 1.25 bits per heavy atom. The number of benzene rings is 1. The smallest absolute Gasteiger partial charge is 0.290 e. The van der Waals surface area contributed by atoms with Gasteiger partial charge in [-0.15, -0.1) is 0 Å². The molecule has 0 aliphatic carbocycles. The number of aliphatic hydroxyl groups is 1. The number of aryl methyl sites for hydroxylation is 1. The van der Waals surface area contributed by atoms with Gasteiger partial charge in [0.25, 0.3) is 5.91 Å². The van der Waals surface area contributed by atoms with E-state index in [0.717, 1.165) is 17.5 Å². The zero-order valence-electron chi connectivity index (χ0n) is 14.4. The molecule has 2 rings (SSSR count). The molecular formula is C18H23NO5. The number of ether oxygens (including phenoxy) is 2. The topological polar surface area (TPSA) is 76.1 Å². The molecule has 1 unspecified atom stereocenters. The number of carbonyl (C=O) groups is 2. The van der Waals surface area contributed by atoms with Crippen LogP contribution in [0.5, 0.6) is 0 Å². The molecule has 1 heterocycles. The van der Waals surface area contributed by atoms with E-state index in [9.17, 15) is 14.7 Å². The molecule has 0 saturated heterocycles. The summed E-state index contributed by atoms with van der Waals surface area (Å²) in [6.45, 7) is 3.50. The molecule has 24 heavy (non-hydrogen) atoms. The van der Waals surface area contributed by atoms with Crippen LogP contribution in [0.1, 0.15) is 31.0 Å². The highest BCUT2D eigenvalue weighted by Crippen LogP contribution is 2.37. The average molecular weight is 333 g/mol. The van der Waals surface area contributed by atoms with Crippen LogP contribution in [0.4, 0.5) is 0 Å². The number of aliphatic hydroxyl groups excluding tert-OH is 1. The second-order valence-electron chi connectivity index (χ2n) is 5.67. The average Bonchev–Trinajstić information content (AvgIpc) is 2.84. The summed E-state index contributed by atoms with van der Waals surface area (Å²) in [5.74, 6) is -1.43. The van der Waals surface area contributed by atoms with Crippen molar-refractivity contribution < 1.29 is 24.2 Å². The fraction of sp³-hybridized carbons (Fsp3) is 0.444. The molecule has 0 saturated carbocycles. The summed E-state index contributed by atoms with van der Waals surface area (Å²) in [5.41, 5.74) is 2.02. The van der Waals surface area contributed by atoms with Crippen LogP contribution in [0, 0.1) is 0 Å². The van der Waals surface area contributed by atoms with Gasteiger partial charge >= 0.3 is 0 Å². The van der Waals surface area contributed by atoms with Crippen LogP contribution in [0.3, 0.4) is 0 Å². The molecule has 1 N–H and O–H groups in total. The number of Topliss-reactive ketones (excluding diaryl/α,β-unsaturated/α-hetero) is 1. The summed E-state index contributed by atoms with van der Waals surface area (Å²) in [5, 5.41) is 10.2. The maximum Gasteiger partial charge on any atom is 0.290 e. The van der Waals surface area contributed by atoms with E-state index in [0.29, 0.717) is 0 Å². The Morgan fingerprint density at radius 2 is 1.83 bits per heavy atom. The first-order valence-corrected chi connectivity index (χ1v) is 7.84. The summed E-state index contributed by atoms with van der Waals surface area (Å²) >= 11 is 0. The predicted molar refractivity (Wildman–Crippen MR) is 88.4 cm³/mol. The molecule has 0 bridgehead atoms. The van der Waals surface area contributed by atoms with Gasteiger partial charge in [0, 0.05) is 14.2 Å². The molecular weight excluding hydrogens is 310 g/mol. The number of carbonyl (C=O) groups excluding carboxylic acids is 2. The maximum absolute atomic E-state index is 12.4. The van der Waals surface area contributed by atoms with Gasteiger partial charge < -0.3 is 19.5 Å². The van der Waals surface area contributed by atoms with Crippen LogP contribution in [-0.4, -0.2) is 48.8 Å². The minimum Gasteiger partial charge on any atom is -0.503 e. The third kappa shape index (κ3) is 3.34. The predicted octanol–water partition coefficient (Wildman–Crippen LogP) is 2.15. The zero-order chi connectivity index (χ0) is 17.9. The van der Waals surface area contributed by atoms with Crippen LogP contribution < -0.4 is 0 Å². The maximum atomic E-state index is 12.4. The van der Waals surface area contributed by atoms with Gasteiger partial charge in [-0.25, -0.2) is 0 Å². The number of ketones is 1. The number of hydrogen-bond acceptors (Lipinski definition) is 5. The summed E-state index contributed by atoms with van der Waals surface area (Å²) < 4.78 is 10.3. The molecule has 1 atom stereocenters. The van der Waals surface area contributed by atoms with E-state index in [1.54, 1.807) is 0 Å². The van der Waals surface area contributed by atoms with Gasteiger partial charge in [-0.3, -0.25) is 9.59 Å². The lowest BCUT2D eigenvalue weighted by Gasteiger charge is -2.29. The third-order valence-corrected chi connectivity index (χ3v) is 4.26. The highest BCUT2D eigenvalue weighted by molar-refractivity contribution is 6.08. The van der Waals surface area contributed by atoms with Gasteiger partial charge in [-0.05, 0) is 24.5 Å². The Morgan fingerprint density at radius 3 is 2.29 bits per heavy atom. The molecule has 6 nitrogen and oxygen atoms in total. The Hall–Kier alpha value is -2.18. The molecule has 1 aliphatic rings. The van der Waals surface area contributed by atoms with E-state index in [4.69, 9.17) is 9.47 Å². The van der Waals surface area contributed by atoms with Crippen LogP contribution in [0.2, 0.25) is 0 Å². The van der Waals surface area contributed by atoms with Gasteiger partial charge in [0.1, 0.15) is 0 Å². The lowest BCUT2D eigenvalue weighted by Crippen LogP contribution is -2.38. The van der Waals surface area contributed by atoms with Crippen molar-refractivity contribution in [1.29, 1.82) is 0 Å². The first-order valence-electron chi connectivity index (χ1n) is 7.84. The van der Waals surface area contributed by atoms with Crippen molar-refractivity contribution in [2.24, 2.45) is 0 Å². The molecule has 6 heteroatoms. The number of hydrogen-bond donors (Lipinski definition) is 1. The monoisotopic (exact) mass is 333 g/mol. The van der Waals surface area contributed by atoms with E-state index >= 15 is 0 Å². The van der Waals surface area contributed by atoms with E-state index in [-0.39, 0.29) is 17.9 Å². The third-order valence-electron chi connectivity index (χ3n) is 4.26. The summed E-state index contributed by atoms with van der Waals surface area (Å²) in [4.78, 5) is 25.9. The highest BCUT2D eigenvalue weighted by atomic mass is 16.7. The van der Waals surface area contributed by atoms with E-state index in [1.165, 1.54) is 26.0 Å². The summed E-state index contributed by atoms with van der Waals surface area (Å²) in [6, 6.07) is 7.01. The molecule has 0 aromatic heterocycles. The van der Waals surface area contributed by atoms with Crippen LogP contribution in [0.25, 0.3) is 0 Å². The minimum absolute atomic E-state index is 0.104. The first-order chi connectivity index (χ1) is 11.4. The summed E-state index contributed by atoms with van der Waals surface area (Å²) in [7, 11) is 2.94. The van der Waals surface area contributed by atoms with Crippen molar-refractivity contribution in [1.82, 2.24) is 4.90 Å². The molecule has 130 valence electrons. The Kier molecular flexibility index (Phi) is 5.75. The summed E-state index contributed by atoms with van der Waals surface area (Å²) in [6.07, 6.45) is 0.245. The van der Waals surface area contributed by atoms with E-state index < -0.39 is 24.0 Å². The normalized spacial score (nSPS) is 18.0. The quantitative estimate of drug-likeness (QED) is 0.774. The second-order valence-corrected chi connectivity index (χ2v) is 5.67. The van der Waals surface area contributed by atoms with E-state index in [2.05, 4.69) is 6.92 Å². The van der Waals surface area contributed by atoms with Crippen molar-refractivity contribution >= 4 is 11.7 Å². The van der Waals surface area contributed by atoms with Gasteiger partial charge in [0.2, 0.25) is 0 Å². The molecule has 0 fully saturated rings. The number of nitrogens with zero attached hydrogens (tertiary/aromatic N) is 1. The Bertz CT molecular complexity index is 646. The van der Waals surface area contributed by atoms with Crippen LogP contribution >= 0.6 is 0 Å². The number of rotatable bonds is 7. The highest BCUT2D eigenvalue weighted by Gasteiger charge is 2.43. The van der Waals surface area contributed by atoms with Crippen molar-refractivity contribution in [2.45, 2.75) is 32.6 Å². The van der Waals surface area contributed by atoms with Crippen molar-refractivity contribution in [2.75, 3.05) is 20.8 Å². The lowest BCUT2D eigenvalue weighted by molar-refractivity contribution is -0.144. The fourth-order valence-electron chi connectivity index (χ4n) is 2.89. The zero-order valence-corrected chi connectivity index (χ0v) is 14.4. The van der Waals surface area contributed by atoms with Crippen LogP contribution in [-0.2, 0) is 25.5 Å². The number of methoxy groups -OCH3 is 2. The van der Waals surface area contributed by atoms with Crippen molar-refractivity contribution in [3.05, 3.63) is 46.7 Å². The standard InChI is InChI=1S/C18H23NO5/c1-5-12-6-8-13(9-7-12)16-15(11(2)20)17(21)18(22)19(16)10-14(23-3)24-4/h6-9,14,16,21H,5,10H2,1-4H3. The molecule has 0 radical (unpaired) electrons. The first kappa shape index (κ1) is 18.2. The largest absolute Gasteiger partial charge is 0.503 e.